The Labute approximate surface area is 82.8 Å². The highest BCUT2D eigenvalue weighted by Crippen LogP contribution is 2.34. The molecule has 3 heteroatoms. The molecular weight excluding hydrogens is 178 g/mol. The molecule has 2 unspecified atom stereocenters. The summed E-state index contributed by atoms with van der Waals surface area (Å²) >= 11 is 0. The van der Waals surface area contributed by atoms with Gasteiger partial charge in [-0.05, 0) is 30.4 Å². The van der Waals surface area contributed by atoms with Crippen LogP contribution >= 0.6 is 0 Å². The van der Waals surface area contributed by atoms with E-state index in [4.69, 9.17) is 5.11 Å². The zero-order valence-electron chi connectivity index (χ0n) is 8.10. The van der Waals surface area contributed by atoms with Crippen molar-refractivity contribution in [3.05, 3.63) is 29.6 Å². The molecule has 0 amide bonds. The highest BCUT2D eigenvalue weighted by molar-refractivity contribution is 5.77. The van der Waals surface area contributed by atoms with Gasteiger partial charge in [-0.25, -0.2) is 0 Å². The fourth-order valence-electron chi connectivity index (χ4n) is 2.16. The van der Waals surface area contributed by atoms with E-state index < -0.39 is 5.97 Å². The summed E-state index contributed by atoms with van der Waals surface area (Å²) in [5.74, 6) is -0.886. The van der Waals surface area contributed by atoms with Crippen molar-refractivity contribution in [1.82, 2.24) is 4.98 Å². The van der Waals surface area contributed by atoms with Gasteiger partial charge >= 0.3 is 5.97 Å². The summed E-state index contributed by atoms with van der Waals surface area (Å²) in [5, 5.41) is 9.13. The van der Waals surface area contributed by atoms with Crippen molar-refractivity contribution in [2.75, 3.05) is 0 Å². The molecule has 0 radical (unpaired) electrons. The summed E-state index contributed by atoms with van der Waals surface area (Å²) in [6.07, 6.45) is 3.55. The van der Waals surface area contributed by atoms with Crippen molar-refractivity contribution >= 4 is 5.97 Å². The van der Waals surface area contributed by atoms with Crippen LogP contribution in [-0.2, 0) is 11.2 Å². The van der Waals surface area contributed by atoms with Crippen LogP contribution in [0.2, 0.25) is 0 Å². The molecule has 0 fully saturated rings. The lowest BCUT2D eigenvalue weighted by Crippen LogP contribution is -2.25. The number of carboxylic acid groups (broad SMARTS) is 1. The van der Waals surface area contributed by atoms with E-state index in [0.29, 0.717) is 0 Å². The van der Waals surface area contributed by atoms with Crippen molar-refractivity contribution in [3.8, 4) is 0 Å². The van der Waals surface area contributed by atoms with E-state index in [0.717, 1.165) is 24.1 Å². The summed E-state index contributed by atoms with van der Waals surface area (Å²) in [5.41, 5.74) is 1.86. The topological polar surface area (TPSA) is 50.2 Å². The van der Waals surface area contributed by atoms with E-state index in [2.05, 4.69) is 4.98 Å². The first-order valence-corrected chi connectivity index (χ1v) is 4.86. The first kappa shape index (κ1) is 9.19. The molecule has 3 nitrogen and oxygen atoms in total. The van der Waals surface area contributed by atoms with E-state index in [-0.39, 0.29) is 11.8 Å². The Morgan fingerprint density at radius 3 is 3.14 bits per heavy atom. The van der Waals surface area contributed by atoms with Gasteiger partial charge in [0.15, 0.2) is 0 Å². The summed E-state index contributed by atoms with van der Waals surface area (Å²) in [7, 11) is 0. The lowest BCUT2D eigenvalue weighted by atomic mass is 9.78. The minimum atomic E-state index is -0.730. The van der Waals surface area contributed by atoms with Gasteiger partial charge in [0.2, 0.25) is 0 Å². The number of fused-ring (bicyclic) bond motifs is 1. The van der Waals surface area contributed by atoms with E-state index >= 15 is 0 Å². The molecule has 1 aromatic heterocycles. The Morgan fingerprint density at radius 2 is 2.43 bits per heavy atom. The molecule has 0 spiro atoms. The molecule has 74 valence electrons. The SMILES string of the molecule is CC1CCc2ncccc2C1C(=O)O. The van der Waals surface area contributed by atoms with Crippen molar-refractivity contribution in [1.29, 1.82) is 0 Å². The Hall–Kier alpha value is -1.38. The molecule has 14 heavy (non-hydrogen) atoms. The highest BCUT2D eigenvalue weighted by Gasteiger charge is 2.32. The maximum absolute atomic E-state index is 11.1. The van der Waals surface area contributed by atoms with Gasteiger partial charge in [-0.15, -0.1) is 0 Å². The molecule has 0 saturated carbocycles. The molecule has 1 aromatic rings. The van der Waals surface area contributed by atoms with E-state index in [1.165, 1.54) is 0 Å². The van der Waals surface area contributed by atoms with Crippen LogP contribution in [0.5, 0.6) is 0 Å². The predicted molar refractivity (Wildman–Crippen MR) is 52.1 cm³/mol. The summed E-state index contributed by atoms with van der Waals surface area (Å²) < 4.78 is 0. The van der Waals surface area contributed by atoms with Crippen LogP contribution in [0.3, 0.4) is 0 Å². The number of hydrogen-bond acceptors (Lipinski definition) is 2. The van der Waals surface area contributed by atoms with Crippen LogP contribution in [0, 0.1) is 5.92 Å². The average molecular weight is 191 g/mol. The van der Waals surface area contributed by atoms with Crippen LogP contribution in [0.25, 0.3) is 0 Å². The van der Waals surface area contributed by atoms with Crippen LogP contribution in [-0.4, -0.2) is 16.1 Å². The van der Waals surface area contributed by atoms with Crippen molar-refractivity contribution in [3.63, 3.8) is 0 Å². The van der Waals surface area contributed by atoms with Gasteiger partial charge in [0.25, 0.3) is 0 Å². The summed E-state index contributed by atoms with van der Waals surface area (Å²) in [4.78, 5) is 15.3. The Balaban J connectivity index is 2.46. The second-order valence-electron chi connectivity index (χ2n) is 3.87. The number of carboxylic acids is 1. The predicted octanol–water partition coefficient (Wildman–Crippen LogP) is 1.83. The molecule has 1 aliphatic rings. The number of aromatic nitrogens is 1. The van der Waals surface area contributed by atoms with Gasteiger partial charge in [-0.2, -0.15) is 0 Å². The van der Waals surface area contributed by atoms with Gasteiger partial charge in [0.1, 0.15) is 0 Å². The van der Waals surface area contributed by atoms with Gasteiger partial charge in [0, 0.05) is 11.9 Å². The average Bonchev–Trinajstić information content (AvgIpc) is 2.17. The van der Waals surface area contributed by atoms with Gasteiger partial charge in [-0.1, -0.05) is 13.0 Å². The smallest absolute Gasteiger partial charge is 0.311 e. The maximum Gasteiger partial charge on any atom is 0.311 e. The molecule has 0 bridgehead atoms. The van der Waals surface area contributed by atoms with Crippen LogP contribution < -0.4 is 0 Å². The zero-order valence-corrected chi connectivity index (χ0v) is 8.10. The first-order chi connectivity index (χ1) is 6.70. The number of hydrogen-bond donors (Lipinski definition) is 1. The Kier molecular flexibility index (Phi) is 2.23. The van der Waals surface area contributed by atoms with Crippen molar-refractivity contribution in [2.45, 2.75) is 25.7 Å². The van der Waals surface area contributed by atoms with E-state index in [1.54, 1.807) is 6.20 Å². The van der Waals surface area contributed by atoms with Gasteiger partial charge in [0.05, 0.1) is 5.92 Å². The lowest BCUT2D eigenvalue weighted by molar-refractivity contribution is -0.140. The molecule has 1 aliphatic carbocycles. The molecule has 0 aromatic carbocycles. The third-order valence-corrected chi connectivity index (χ3v) is 2.93. The van der Waals surface area contributed by atoms with Crippen molar-refractivity contribution < 1.29 is 9.90 Å². The standard InChI is InChI=1S/C11H13NO2/c1-7-4-5-9-8(3-2-6-12-9)10(7)11(13)14/h2-3,6-7,10H,4-5H2,1H3,(H,13,14). The second kappa shape index (κ2) is 3.40. The number of aryl methyl sites for hydroxylation is 1. The van der Waals surface area contributed by atoms with Crippen LogP contribution in [0.15, 0.2) is 18.3 Å². The van der Waals surface area contributed by atoms with Gasteiger partial charge in [-0.3, -0.25) is 9.78 Å². The quantitative estimate of drug-likeness (QED) is 0.736. The van der Waals surface area contributed by atoms with E-state index in [1.807, 2.05) is 19.1 Å². The maximum atomic E-state index is 11.1. The molecular formula is C11H13NO2. The fourth-order valence-corrected chi connectivity index (χ4v) is 2.16. The van der Waals surface area contributed by atoms with E-state index in [9.17, 15) is 4.79 Å². The highest BCUT2D eigenvalue weighted by atomic mass is 16.4. The molecule has 0 aliphatic heterocycles. The summed E-state index contributed by atoms with van der Waals surface area (Å²) in [6.45, 7) is 1.99. The number of pyridine rings is 1. The Morgan fingerprint density at radius 1 is 1.64 bits per heavy atom. The Bertz CT molecular complexity index is 362. The number of nitrogens with zero attached hydrogens (tertiary/aromatic N) is 1. The lowest BCUT2D eigenvalue weighted by Gasteiger charge is -2.27. The number of rotatable bonds is 1. The minimum absolute atomic E-state index is 0.212. The number of aliphatic carboxylic acids is 1. The minimum Gasteiger partial charge on any atom is -0.481 e. The molecule has 2 rings (SSSR count). The fraction of sp³-hybridized carbons (Fsp3) is 0.455. The largest absolute Gasteiger partial charge is 0.481 e. The molecule has 1 N–H and O–H groups in total. The van der Waals surface area contributed by atoms with Crippen molar-refractivity contribution in [2.24, 2.45) is 5.92 Å². The second-order valence-corrected chi connectivity index (χ2v) is 3.87. The molecule has 1 heterocycles. The number of carbonyl (C=O) groups is 1. The third kappa shape index (κ3) is 1.39. The summed E-state index contributed by atoms with van der Waals surface area (Å²) in [6, 6.07) is 3.70. The zero-order chi connectivity index (χ0) is 10.1. The van der Waals surface area contributed by atoms with Crippen LogP contribution in [0.4, 0.5) is 0 Å². The normalized spacial score (nSPS) is 25.5. The molecule has 0 saturated heterocycles. The third-order valence-electron chi connectivity index (χ3n) is 2.93. The monoisotopic (exact) mass is 191 g/mol. The van der Waals surface area contributed by atoms with Crippen LogP contribution in [0.1, 0.15) is 30.5 Å². The molecule has 2 atom stereocenters. The first-order valence-electron chi connectivity index (χ1n) is 4.86. The van der Waals surface area contributed by atoms with Gasteiger partial charge < -0.3 is 5.11 Å².